The van der Waals surface area contributed by atoms with Gasteiger partial charge in [-0.2, -0.15) is 5.10 Å². The molecule has 0 spiro atoms. The zero-order valence-electron chi connectivity index (χ0n) is 8.47. The van der Waals surface area contributed by atoms with Gasteiger partial charge in [-0.3, -0.25) is 5.10 Å². The summed E-state index contributed by atoms with van der Waals surface area (Å²) in [5.74, 6) is -5.15. The van der Waals surface area contributed by atoms with Crippen LogP contribution in [0.4, 0.5) is 13.2 Å². The fraction of sp³-hybridized carbons (Fsp3) is 0. The summed E-state index contributed by atoms with van der Waals surface area (Å²) in [5, 5.41) is 13.3. The van der Waals surface area contributed by atoms with Crippen molar-refractivity contribution in [3.05, 3.63) is 40.3 Å². The van der Waals surface area contributed by atoms with Gasteiger partial charge in [0.25, 0.3) is 0 Å². The number of aromatic amines is 1. The standard InChI is InChI=1S/C10H4ClF3N2O2/c11-8-4(13)1-3(12)7(9(8)14)5-2-6(10(17)18)16-15-5/h1-2H,(H,15,16)(H,17,18). The van der Waals surface area contributed by atoms with E-state index in [-0.39, 0.29) is 11.4 Å². The van der Waals surface area contributed by atoms with Crippen LogP contribution in [0.15, 0.2) is 12.1 Å². The largest absolute Gasteiger partial charge is 0.477 e. The molecule has 0 bridgehead atoms. The minimum atomic E-state index is -1.34. The lowest BCUT2D eigenvalue weighted by atomic mass is 10.1. The zero-order chi connectivity index (χ0) is 13.4. The SMILES string of the molecule is O=C(O)c1cc(-c2c(F)cc(F)c(Cl)c2F)n[nH]1. The molecular weight excluding hydrogens is 273 g/mol. The number of aromatic carboxylic acids is 1. The lowest BCUT2D eigenvalue weighted by molar-refractivity contribution is 0.0690. The number of hydrogen-bond acceptors (Lipinski definition) is 2. The Morgan fingerprint density at radius 2 is 1.94 bits per heavy atom. The molecule has 2 rings (SSSR count). The number of carbonyl (C=O) groups is 1. The van der Waals surface area contributed by atoms with Gasteiger partial charge in [0, 0.05) is 6.07 Å². The van der Waals surface area contributed by atoms with Crippen LogP contribution in [0.1, 0.15) is 10.5 Å². The molecule has 4 nitrogen and oxygen atoms in total. The minimum absolute atomic E-state index is 0.315. The molecule has 1 aromatic carbocycles. The molecule has 0 atom stereocenters. The second kappa shape index (κ2) is 4.34. The number of H-pyrrole nitrogens is 1. The molecule has 8 heteroatoms. The van der Waals surface area contributed by atoms with Crippen LogP contribution in [0.3, 0.4) is 0 Å². The molecule has 18 heavy (non-hydrogen) atoms. The Bertz CT molecular complexity index is 642. The summed E-state index contributed by atoms with van der Waals surface area (Å²) in [7, 11) is 0. The van der Waals surface area contributed by atoms with Crippen LogP contribution in [0.25, 0.3) is 11.3 Å². The fourth-order valence-corrected chi connectivity index (χ4v) is 1.51. The highest BCUT2D eigenvalue weighted by Gasteiger charge is 2.21. The Balaban J connectivity index is 2.63. The van der Waals surface area contributed by atoms with E-state index in [1.807, 2.05) is 0 Å². The van der Waals surface area contributed by atoms with Gasteiger partial charge in [0.2, 0.25) is 0 Å². The summed E-state index contributed by atoms with van der Waals surface area (Å²) in [6.45, 7) is 0. The first-order chi connectivity index (χ1) is 8.41. The highest BCUT2D eigenvalue weighted by molar-refractivity contribution is 6.31. The van der Waals surface area contributed by atoms with Crippen LogP contribution in [0.5, 0.6) is 0 Å². The molecule has 0 saturated carbocycles. The molecule has 0 aliphatic heterocycles. The van der Waals surface area contributed by atoms with Gasteiger partial charge in [-0.15, -0.1) is 0 Å². The Morgan fingerprint density at radius 1 is 1.28 bits per heavy atom. The molecule has 1 aromatic heterocycles. The smallest absolute Gasteiger partial charge is 0.353 e. The summed E-state index contributed by atoms with van der Waals surface area (Å²) >= 11 is 5.30. The first kappa shape index (κ1) is 12.4. The maximum atomic E-state index is 13.6. The Labute approximate surface area is 103 Å². The van der Waals surface area contributed by atoms with Crippen LogP contribution >= 0.6 is 11.6 Å². The molecule has 0 aliphatic rings. The van der Waals surface area contributed by atoms with E-state index < -0.39 is 34.0 Å². The van der Waals surface area contributed by atoms with Gasteiger partial charge < -0.3 is 5.11 Å². The lowest BCUT2D eigenvalue weighted by Gasteiger charge is -2.04. The lowest BCUT2D eigenvalue weighted by Crippen LogP contribution is -1.95. The van der Waals surface area contributed by atoms with Gasteiger partial charge in [-0.1, -0.05) is 11.6 Å². The van der Waals surface area contributed by atoms with E-state index in [0.717, 1.165) is 6.07 Å². The van der Waals surface area contributed by atoms with Crippen LogP contribution in [-0.4, -0.2) is 21.3 Å². The Hall–Kier alpha value is -2.02. The number of nitrogens with zero attached hydrogens (tertiary/aromatic N) is 1. The van der Waals surface area contributed by atoms with Crippen LogP contribution < -0.4 is 0 Å². The van der Waals surface area contributed by atoms with Gasteiger partial charge in [0.15, 0.2) is 5.82 Å². The molecule has 0 saturated heterocycles. The van der Waals surface area contributed by atoms with Crippen LogP contribution in [-0.2, 0) is 0 Å². The summed E-state index contributed by atoms with van der Waals surface area (Å²) in [5.41, 5.74) is -1.36. The van der Waals surface area contributed by atoms with Gasteiger partial charge in [-0.25, -0.2) is 18.0 Å². The molecule has 0 aliphatic carbocycles. The van der Waals surface area contributed by atoms with E-state index >= 15 is 0 Å². The van der Waals surface area contributed by atoms with Crippen molar-refractivity contribution in [1.82, 2.24) is 10.2 Å². The zero-order valence-corrected chi connectivity index (χ0v) is 9.23. The molecule has 0 unspecified atom stereocenters. The Morgan fingerprint density at radius 3 is 2.50 bits per heavy atom. The third-order valence-electron chi connectivity index (χ3n) is 2.18. The molecule has 0 amide bonds. The second-order valence-electron chi connectivity index (χ2n) is 3.32. The average Bonchev–Trinajstić information content (AvgIpc) is 2.75. The molecule has 2 aromatic rings. The van der Waals surface area contributed by atoms with E-state index in [1.54, 1.807) is 0 Å². The molecule has 1 heterocycles. The fourth-order valence-electron chi connectivity index (χ4n) is 1.36. The van der Waals surface area contributed by atoms with Crippen molar-refractivity contribution in [2.45, 2.75) is 0 Å². The van der Waals surface area contributed by atoms with Gasteiger partial charge in [0.05, 0.1) is 11.3 Å². The average molecular weight is 277 g/mol. The number of carboxylic acid groups (broad SMARTS) is 1. The molecular formula is C10H4ClF3N2O2. The molecule has 2 N–H and O–H groups in total. The van der Waals surface area contributed by atoms with Crippen molar-refractivity contribution in [3.8, 4) is 11.3 Å². The number of rotatable bonds is 2. The number of aromatic nitrogens is 2. The Kier molecular flexibility index (Phi) is 3.00. The summed E-state index contributed by atoms with van der Waals surface area (Å²) in [4.78, 5) is 10.6. The van der Waals surface area contributed by atoms with Crippen molar-refractivity contribution in [3.63, 3.8) is 0 Å². The summed E-state index contributed by atoms with van der Waals surface area (Å²) in [6.07, 6.45) is 0. The highest BCUT2D eigenvalue weighted by atomic mass is 35.5. The topological polar surface area (TPSA) is 66.0 Å². The van der Waals surface area contributed by atoms with Gasteiger partial charge >= 0.3 is 5.97 Å². The predicted octanol–water partition coefficient (Wildman–Crippen LogP) is 2.85. The summed E-state index contributed by atoms with van der Waals surface area (Å²) < 4.78 is 40.0. The van der Waals surface area contributed by atoms with E-state index in [2.05, 4.69) is 10.2 Å². The second-order valence-corrected chi connectivity index (χ2v) is 3.69. The number of carboxylic acids is 1. The van der Waals surface area contributed by atoms with Gasteiger partial charge in [-0.05, 0) is 6.07 Å². The normalized spacial score (nSPS) is 10.7. The highest BCUT2D eigenvalue weighted by Crippen LogP contribution is 2.31. The van der Waals surface area contributed by atoms with E-state index in [0.29, 0.717) is 6.07 Å². The third kappa shape index (κ3) is 1.92. The van der Waals surface area contributed by atoms with Crippen LogP contribution in [0, 0.1) is 17.5 Å². The van der Waals surface area contributed by atoms with Crippen molar-refractivity contribution in [2.75, 3.05) is 0 Å². The number of hydrogen-bond donors (Lipinski definition) is 2. The number of halogens is 4. The monoisotopic (exact) mass is 276 g/mol. The quantitative estimate of drug-likeness (QED) is 0.655. The number of benzene rings is 1. The first-order valence-electron chi connectivity index (χ1n) is 4.54. The molecule has 0 fully saturated rings. The maximum absolute atomic E-state index is 13.6. The van der Waals surface area contributed by atoms with Gasteiger partial charge in [0.1, 0.15) is 22.4 Å². The molecule has 94 valence electrons. The third-order valence-corrected chi connectivity index (χ3v) is 2.53. The van der Waals surface area contributed by atoms with E-state index in [4.69, 9.17) is 16.7 Å². The van der Waals surface area contributed by atoms with Crippen molar-refractivity contribution >= 4 is 17.6 Å². The van der Waals surface area contributed by atoms with E-state index in [9.17, 15) is 18.0 Å². The minimum Gasteiger partial charge on any atom is -0.477 e. The number of nitrogens with one attached hydrogen (secondary N) is 1. The maximum Gasteiger partial charge on any atom is 0.353 e. The first-order valence-corrected chi connectivity index (χ1v) is 4.91. The van der Waals surface area contributed by atoms with E-state index in [1.165, 1.54) is 0 Å². The molecule has 0 radical (unpaired) electrons. The van der Waals surface area contributed by atoms with Crippen molar-refractivity contribution < 1.29 is 23.1 Å². The predicted molar refractivity (Wildman–Crippen MR) is 55.9 cm³/mol. The van der Waals surface area contributed by atoms with Crippen molar-refractivity contribution in [2.24, 2.45) is 0 Å². The van der Waals surface area contributed by atoms with Crippen molar-refractivity contribution in [1.29, 1.82) is 0 Å². The summed E-state index contributed by atoms with van der Waals surface area (Å²) in [6, 6.07) is 1.31. The van der Waals surface area contributed by atoms with Crippen LogP contribution in [0.2, 0.25) is 5.02 Å².